The zero-order valence-corrected chi connectivity index (χ0v) is 12.9. The van der Waals surface area contributed by atoms with Crippen LogP contribution in [0.1, 0.15) is 39.0 Å². The summed E-state index contributed by atoms with van der Waals surface area (Å²) in [6.07, 6.45) is 4.92. The molecule has 1 fully saturated rings. The fraction of sp³-hybridized carbons (Fsp3) is 0.533. The first-order valence-electron chi connectivity index (χ1n) is 6.85. The van der Waals surface area contributed by atoms with Crippen LogP contribution >= 0.6 is 15.9 Å². The van der Waals surface area contributed by atoms with Crippen molar-refractivity contribution in [3.05, 3.63) is 28.7 Å². The molecule has 0 heterocycles. The summed E-state index contributed by atoms with van der Waals surface area (Å²) in [6.45, 7) is 2.25. The molecule has 104 valence electrons. The Morgan fingerprint density at radius 2 is 2.00 bits per heavy atom. The van der Waals surface area contributed by atoms with Crippen LogP contribution in [-0.4, -0.2) is 11.4 Å². The number of anilines is 1. The van der Waals surface area contributed by atoms with Crippen LogP contribution in [-0.2, 0) is 4.79 Å². The highest BCUT2D eigenvalue weighted by molar-refractivity contribution is 9.10. The number of carbonyl (C=O) groups excluding carboxylic acids is 1. The third-order valence-electron chi connectivity index (χ3n) is 4.06. The molecule has 1 amide bonds. The van der Waals surface area contributed by atoms with E-state index in [0.29, 0.717) is 5.92 Å². The predicted octanol–water partition coefficient (Wildman–Crippen LogP) is 3.69. The number of rotatable bonds is 3. The van der Waals surface area contributed by atoms with Crippen LogP contribution in [0.25, 0.3) is 0 Å². The number of hydrogen-bond acceptors (Lipinski definition) is 2. The Morgan fingerprint density at radius 3 is 2.63 bits per heavy atom. The summed E-state index contributed by atoms with van der Waals surface area (Å²) in [6, 6.07) is 7.89. The average molecular weight is 325 g/mol. The maximum Gasteiger partial charge on any atom is 0.243 e. The van der Waals surface area contributed by atoms with E-state index in [4.69, 9.17) is 5.73 Å². The molecule has 2 rings (SSSR count). The fourth-order valence-corrected chi connectivity index (χ4v) is 3.02. The van der Waals surface area contributed by atoms with Gasteiger partial charge in [-0.3, -0.25) is 4.79 Å². The topological polar surface area (TPSA) is 55.1 Å². The first kappa shape index (κ1) is 14.4. The Labute approximate surface area is 123 Å². The molecule has 3 nitrogen and oxygen atoms in total. The molecule has 0 saturated heterocycles. The molecule has 1 aliphatic rings. The van der Waals surface area contributed by atoms with E-state index < -0.39 is 5.54 Å². The number of hydrogen-bond donors (Lipinski definition) is 2. The zero-order valence-electron chi connectivity index (χ0n) is 11.3. The molecule has 2 atom stereocenters. The van der Waals surface area contributed by atoms with Crippen molar-refractivity contribution in [3.63, 3.8) is 0 Å². The van der Waals surface area contributed by atoms with Gasteiger partial charge in [-0.15, -0.1) is 0 Å². The van der Waals surface area contributed by atoms with Crippen molar-refractivity contribution in [3.8, 4) is 0 Å². The van der Waals surface area contributed by atoms with Crippen LogP contribution in [0.2, 0.25) is 0 Å². The lowest BCUT2D eigenvalue weighted by Gasteiger charge is -2.31. The second-order valence-corrected chi connectivity index (χ2v) is 6.53. The Bertz CT molecular complexity index is 446. The van der Waals surface area contributed by atoms with Crippen molar-refractivity contribution in [1.82, 2.24) is 0 Å². The van der Waals surface area contributed by atoms with Gasteiger partial charge in [0.15, 0.2) is 0 Å². The molecule has 0 spiro atoms. The largest absolute Gasteiger partial charge is 0.371 e. The normalized spacial score (nSPS) is 27.6. The van der Waals surface area contributed by atoms with Gasteiger partial charge in [0.25, 0.3) is 0 Å². The van der Waals surface area contributed by atoms with Crippen molar-refractivity contribution < 1.29 is 4.79 Å². The predicted molar refractivity (Wildman–Crippen MR) is 81.9 cm³/mol. The minimum Gasteiger partial charge on any atom is -0.371 e. The molecule has 0 radical (unpaired) electrons. The van der Waals surface area contributed by atoms with Crippen LogP contribution in [0.5, 0.6) is 0 Å². The standard InChI is InChI=1S/C15H21BrN2O/c1-11-3-2-9-15(10-8-11,14(17)19)18-13-6-4-12(16)5-7-13/h4-7,11,18H,2-3,8-10H2,1H3,(H2,17,19). The number of nitrogens with one attached hydrogen (secondary N) is 1. The second-order valence-electron chi connectivity index (χ2n) is 5.61. The first-order valence-corrected chi connectivity index (χ1v) is 7.65. The molecule has 4 heteroatoms. The van der Waals surface area contributed by atoms with Gasteiger partial charge in [-0.05, 0) is 49.4 Å². The van der Waals surface area contributed by atoms with Gasteiger partial charge in [0, 0.05) is 10.2 Å². The molecule has 1 aliphatic carbocycles. The molecule has 3 N–H and O–H groups in total. The number of amides is 1. The van der Waals surface area contributed by atoms with Gasteiger partial charge in [0.1, 0.15) is 5.54 Å². The SMILES string of the molecule is CC1CCCC(Nc2ccc(Br)cc2)(C(N)=O)CC1. The summed E-state index contributed by atoms with van der Waals surface area (Å²) < 4.78 is 1.03. The highest BCUT2D eigenvalue weighted by Crippen LogP contribution is 2.33. The number of carbonyl (C=O) groups is 1. The maximum absolute atomic E-state index is 12.0. The van der Waals surface area contributed by atoms with Gasteiger partial charge < -0.3 is 11.1 Å². The quantitative estimate of drug-likeness (QED) is 0.833. The van der Waals surface area contributed by atoms with E-state index in [2.05, 4.69) is 28.2 Å². The lowest BCUT2D eigenvalue weighted by atomic mass is 9.88. The number of benzene rings is 1. The molecule has 0 aromatic heterocycles. The monoisotopic (exact) mass is 324 g/mol. The minimum absolute atomic E-state index is 0.232. The van der Waals surface area contributed by atoms with Gasteiger partial charge in [-0.2, -0.15) is 0 Å². The van der Waals surface area contributed by atoms with E-state index in [-0.39, 0.29) is 5.91 Å². The van der Waals surface area contributed by atoms with Crippen LogP contribution < -0.4 is 11.1 Å². The van der Waals surface area contributed by atoms with E-state index in [9.17, 15) is 4.79 Å². The Hall–Kier alpha value is -1.03. The smallest absolute Gasteiger partial charge is 0.243 e. The van der Waals surface area contributed by atoms with Gasteiger partial charge in [0.05, 0.1) is 0 Å². The highest BCUT2D eigenvalue weighted by atomic mass is 79.9. The number of primary amides is 1. The van der Waals surface area contributed by atoms with Crippen molar-refractivity contribution in [2.45, 2.75) is 44.6 Å². The number of nitrogens with two attached hydrogens (primary N) is 1. The average Bonchev–Trinajstić information content (AvgIpc) is 2.56. The molecule has 1 saturated carbocycles. The minimum atomic E-state index is -0.585. The Morgan fingerprint density at radius 1 is 1.32 bits per heavy atom. The van der Waals surface area contributed by atoms with Crippen LogP contribution in [0.4, 0.5) is 5.69 Å². The van der Waals surface area contributed by atoms with Crippen molar-refractivity contribution in [2.75, 3.05) is 5.32 Å². The molecule has 1 aromatic carbocycles. The molecule has 0 aliphatic heterocycles. The van der Waals surface area contributed by atoms with Gasteiger partial charge in [-0.25, -0.2) is 0 Å². The van der Waals surface area contributed by atoms with Gasteiger partial charge >= 0.3 is 0 Å². The molecule has 1 aromatic rings. The zero-order chi connectivity index (χ0) is 13.9. The van der Waals surface area contributed by atoms with Gasteiger partial charge in [-0.1, -0.05) is 35.7 Å². The first-order chi connectivity index (χ1) is 9.02. The lowest BCUT2D eigenvalue weighted by molar-refractivity contribution is -0.122. The molecular formula is C15H21BrN2O. The second kappa shape index (κ2) is 5.95. The summed E-state index contributed by atoms with van der Waals surface area (Å²) in [5, 5.41) is 3.39. The molecular weight excluding hydrogens is 304 g/mol. The van der Waals surface area contributed by atoms with Crippen molar-refractivity contribution in [2.24, 2.45) is 11.7 Å². The van der Waals surface area contributed by atoms with E-state index in [0.717, 1.165) is 35.8 Å². The fourth-order valence-electron chi connectivity index (χ4n) is 2.76. The summed E-state index contributed by atoms with van der Waals surface area (Å²) in [4.78, 5) is 12.0. The van der Waals surface area contributed by atoms with Crippen molar-refractivity contribution in [1.29, 1.82) is 0 Å². The lowest BCUT2D eigenvalue weighted by Crippen LogP contribution is -2.50. The molecule has 2 unspecified atom stereocenters. The van der Waals surface area contributed by atoms with Crippen LogP contribution in [0.3, 0.4) is 0 Å². The summed E-state index contributed by atoms with van der Waals surface area (Å²) >= 11 is 3.41. The van der Waals surface area contributed by atoms with Gasteiger partial charge in [0.2, 0.25) is 5.91 Å². The highest BCUT2D eigenvalue weighted by Gasteiger charge is 2.37. The third-order valence-corrected chi connectivity index (χ3v) is 4.59. The molecule has 19 heavy (non-hydrogen) atoms. The summed E-state index contributed by atoms with van der Waals surface area (Å²) in [7, 11) is 0. The van der Waals surface area contributed by atoms with E-state index in [1.165, 1.54) is 6.42 Å². The summed E-state index contributed by atoms with van der Waals surface area (Å²) in [5.41, 5.74) is 6.05. The van der Waals surface area contributed by atoms with Crippen LogP contribution in [0, 0.1) is 5.92 Å². The summed E-state index contributed by atoms with van der Waals surface area (Å²) in [5.74, 6) is 0.442. The number of halogens is 1. The van der Waals surface area contributed by atoms with Crippen LogP contribution in [0.15, 0.2) is 28.7 Å². The van der Waals surface area contributed by atoms with E-state index in [1.807, 2.05) is 24.3 Å². The van der Waals surface area contributed by atoms with E-state index >= 15 is 0 Å². The Balaban J connectivity index is 2.19. The van der Waals surface area contributed by atoms with E-state index in [1.54, 1.807) is 0 Å². The Kier molecular flexibility index (Phi) is 4.50. The van der Waals surface area contributed by atoms with Crippen molar-refractivity contribution >= 4 is 27.5 Å². The third kappa shape index (κ3) is 3.50. The molecule has 0 bridgehead atoms. The maximum atomic E-state index is 12.0.